The van der Waals surface area contributed by atoms with E-state index >= 15 is 0 Å². The third-order valence-corrected chi connectivity index (χ3v) is 25.5. The molecule has 2 saturated carbocycles. The molecular formula is C30H56O4S4Si2. The van der Waals surface area contributed by atoms with E-state index in [4.69, 9.17) is 8.85 Å². The highest BCUT2D eigenvalue weighted by molar-refractivity contribution is 8.26. The molecule has 10 heteroatoms. The zero-order chi connectivity index (χ0) is 30.4. The summed E-state index contributed by atoms with van der Waals surface area (Å²) in [5.41, 5.74) is 0. The van der Waals surface area contributed by atoms with Crippen LogP contribution in [-0.4, -0.2) is 59.7 Å². The standard InChI is InChI=1S/2C15H28O2S2Si/c2*1-14(2,3)20(5,6)17-12-7-8-15(18-4)10-11(12)9-13(16)19-15/h2*11-12H,7-10H2,1-6H3/t2*11-,12+,15-/m11/s1. The Bertz CT molecular complexity index is 858. The molecule has 4 fully saturated rings. The fraction of sp³-hybridized carbons (Fsp3) is 0.933. The molecule has 6 atom stereocenters. The van der Waals surface area contributed by atoms with Crippen molar-refractivity contribution in [3.63, 3.8) is 0 Å². The van der Waals surface area contributed by atoms with Crippen LogP contribution in [0, 0.1) is 11.8 Å². The van der Waals surface area contributed by atoms with E-state index in [-0.39, 0.29) is 18.2 Å². The minimum Gasteiger partial charge on any atom is -0.414 e. The molecule has 0 amide bonds. The summed E-state index contributed by atoms with van der Waals surface area (Å²) in [6.07, 6.45) is 13.1. The summed E-state index contributed by atoms with van der Waals surface area (Å²) in [4.78, 5) is 24.1. The van der Waals surface area contributed by atoms with Gasteiger partial charge in [0.05, 0.1) is 8.16 Å². The van der Waals surface area contributed by atoms with Crippen molar-refractivity contribution in [3.05, 3.63) is 0 Å². The molecule has 0 N–H and O–H groups in total. The monoisotopic (exact) mass is 664 g/mol. The topological polar surface area (TPSA) is 52.6 Å². The minimum absolute atomic E-state index is 0.146. The van der Waals surface area contributed by atoms with E-state index in [9.17, 15) is 9.59 Å². The summed E-state index contributed by atoms with van der Waals surface area (Å²) in [5.74, 6) is 0.887. The van der Waals surface area contributed by atoms with Gasteiger partial charge in [-0.15, -0.1) is 23.5 Å². The molecule has 4 bridgehead atoms. The lowest BCUT2D eigenvalue weighted by Gasteiger charge is -2.49. The fourth-order valence-corrected chi connectivity index (χ4v) is 13.8. The Hall–Kier alpha value is 1.09. The smallest absolute Gasteiger partial charge is 0.192 e. The van der Waals surface area contributed by atoms with Gasteiger partial charge in [-0.25, -0.2) is 0 Å². The molecule has 2 aliphatic heterocycles. The average molecular weight is 665 g/mol. The van der Waals surface area contributed by atoms with Crippen molar-refractivity contribution in [2.75, 3.05) is 12.5 Å². The third kappa shape index (κ3) is 8.22. The van der Waals surface area contributed by atoms with Crippen LogP contribution in [0.25, 0.3) is 0 Å². The molecule has 4 nitrogen and oxygen atoms in total. The quantitative estimate of drug-likeness (QED) is 0.260. The highest BCUT2D eigenvalue weighted by Gasteiger charge is 2.51. The Balaban J connectivity index is 0.000000220. The van der Waals surface area contributed by atoms with Crippen molar-refractivity contribution in [2.45, 2.75) is 150 Å². The maximum atomic E-state index is 12.1. The van der Waals surface area contributed by atoms with Gasteiger partial charge in [0.25, 0.3) is 0 Å². The second kappa shape index (κ2) is 12.8. The molecule has 2 aliphatic carbocycles. The largest absolute Gasteiger partial charge is 0.414 e. The molecule has 232 valence electrons. The summed E-state index contributed by atoms with van der Waals surface area (Å²) < 4.78 is 13.6. The molecule has 2 saturated heterocycles. The first kappa shape index (κ1) is 35.6. The lowest BCUT2D eigenvalue weighted by atomic mass is 9.83. The third-order valence-electron chi connectivity index (χ3n) is 10.5. The number of hydrogen-bond donors (Lipinski definition) is 0. The Morgan fingerprint density at radius 3 is 1.30 bits per heavy atom. The zero-order valence-corrected chi connectivity index (χ0v) is 32.5. The van der Waals surface area contributed by atoms with Crippen LogP contribution in [0.15, 0.2) is 0 Å². The Morgan fingerprint density at radius 2 is 1.02 bits per heavy atom. The van der Waals surface area contributed by atoms with Gasteiger partial charge in [-0.1, -0.05) is 65.1 Å². The van der Waals surface area contributed by atoms with Gasteiger partial charge in [-0.3, -0.25) is 9.59 Å². The van der Waals surface area contributed by atoms with Crippen molar-refractivity contribution >= 4 is 73.9 Å². The van der Waals surface area contributed by atoms with E-state index in [0.717, 1.165) is 38.5 Å². The van der Waals surface area contributed by atoms with Gasteiger partial charge in [0.1, 0.15) is 0 Å². The predicted octanol–water partition coefficient (Wildman–Crippen LogP) is 9.80. The average Bonchev–Trinajstić information content (AvgIpc) is 2.81. The fourth-order valence-electron chi connectivity index (χ4n) is 5.86. The van der Waals surface area contributed by atoms with Crippen LogP contribution in [0.2, 0.25) is 36.3 Å². The van der Waals surface area contributed by atoms with E-state index in [1.54, 1.807) is 23.5 Å². The van der Waals surface area contributed by atoms with Gasteiger partial charge in [-0.05, 0) is 99.1 Å². The number of hydrogen-bond acceptors (Lipinski definition) is 8. The van der Waals surface area contributed by atoms with Crippen molar-refractivity contribution < 1.29 is 18.4 Å². The molecule has 40 heavy (non-hydrogen) atoms. The Morgan fingerprint density at radius 1 is 0.700 bits per heavy atom. The van der Waals surface area contributed by atoms with Gasteiger partial charge < -0.3 is 8.85 Å². The molecule has 0 aromatic heterocycles. The van der Waals surface area contributed by atoms with Crippen molar-refractivity contribution in [2.24, 2.45) is 11.8 Å². The van der Waals surface area contributed by atoms with Crippen molar-refractivity contribution in [3.8, 4) is 0 Å². The predicted molar refractivity (Wildman–Crippen MR) is 186 cm³/mol. The van der Waals surface area contributed by atoms with Gasteiger partial charge in [0.2, 0.25) is 0 Å². The number of fused-ring (bicyclic) bond motifs is 4. The molecule has 0 unspecified atom stereocenters. The first-order valence-electron chi connectivity index (χ1n) is 15.1. The molecule has 0 spiro atoms. The molecule has 4 aliphatic rings. The van der Waals surface area contributed by atoms with Crippen LogP contribution in [0.3, 0.4) is 0 Å². The SMILES string of the molecule is CS[C@]12CC[C@H](O[Si](C)(C)C(C)(C)C)[C@H](CC(=O)S1)C2.CS[C@]12CC[C@H](O[Si](C)(C)C(C)(C)C)[C@H](CC(=O)S1)C2. The van der Waals surface area contributed by atoms with Crippen LogP contribution in [0.5, 0.6) is 0 Å². The van der Waals surface area contributed by atoms with E-state index in [0.29, 0.717) is 47.1 Å². The van der Waals surface area contributed by atoms with Gasteiger partial charge >= 0.3 is 0 Å². The molecular weight excluding hydrogens is 609 g/mol. The number of rotatable bonds is 6. The number of carbonyl (C=O) groups is 2. The van der Waals surface area contributed by atoms with Gasteiger partial charge in [0.15, 0.2) is 26.9 Å². The second-order valence-corrected chi connectivity index (χ2v) is 30.7. The molecule has 0 aromatic carbocycles. The van der Waals surface area contributed by atoms with Crippen LogP contribution < -0.4 is 0 Å². The summed E-state index contributed by atoms with van der Waals surface area (Å²) >= 11 is 6.94. The highest BCUT2D eigenvalue weighted by atomic mass is 32.2. The Kier molecular flexibility index (Phi) is 11.4. The van der Waals surface area contributed by atoms with Gasteiger partial charge in [-0.2, -0.15) is 0 Å². The Labute approximate surface area is 264 Å². The highest BCUT2D eigenvalue weighted by Crippen LogP contribution is 2.57. The first-order chi connectivity index (χ1) is 18.2. The van der Waals surface area contributed by atoms with Crippen molar-refractivity contribution in [1.82, 2.24) is 0 Å². The van der Waals surface area contributed by atoms with Gasteiger partial charge in [0, 0.05) is 25.0 Å². The van der Waals surface area contributed by atoms with Crippen LogP contribution in [0.1, 0.15) is 92.9 Å². The lowest BCUT2D eigenvalue weighted by molar-refractivity contribution is -0.114. The maximum absolute atomic E-state index is 12.1. The maximum Gasteiger partial charge on any atom is 0.192 e. The minimum atomic E-state index is -1.73. The summed E-state index contributed by atoms with van der Waals surface area (Å²) in [5, 5.41) is 1.24. The van der Waals surface area contributed by atoms with Crippen molar-refractivity contribution in [1.29, 1.82) is 0 Å². The van der Waals surface area contributed by atoms with E-state index < -0.39 is 16.6 Å². The van der Waals surface area contributed by atoms with E-state index in [1.807, 2.05) is 23.5 Å². The first-order valence-corrected chi connectivity index (χ1v) is 25.0. The lowest BCUT2D eigenvalue weighted by Crippen LogP contribution is -2.50. The summed E-state index contributed by atoms with van der Waals surface area (Å²) in [7, 11) is -3.46. The number of thioether (sulfide) groups is 4. The molecule has 4 rings (SSSR count). The van der Waals surface area contributed by atoms with E-state index in [1.165, 1.54) is 0 Å². The normalized spacial score (nSPS) is 35.2. The molecule has 0 aromatic rings. The number of carbonyl (C=O) groups excluding carboxylic acids is 2. The summed E-state index contributed by atoms with van der Waals surface area (Å²) in [6, 6.07) is 0. The zero-order valence-electron chi connectivity index (χ0n) is 27.2. The summed E-state index contributed by atoms with van der Waals surface area (Å²) in [6.45, 7) is 23.0. The molecule has 2 heterocycles. The van der Waals surface area contributed by atoms with Crippen LogP contribution in [-0.2, 0) is 18.4 Å². The molecule has 0 radical (unpaired) electrons. The van der Waals surface area contributed by atoms with Crippen LogP contribution >= 0.6 is 47.0 Å². The second-order valence-electron chi connectivity index (χ2n) is 15.4. The van der Waals surface area contributed by atoms with E-state index in [2.05, 4.69) is 80.2 Å². The van der Waals surface area contributed by atoms with Crippen LogP contribution in [0.4, 0.5) is 0 Å².